The summed E-state index contributed by atoms with van der Waals surface area (Å²) in [5, 5.41) is 9.37. The number of hydrogen-bond acceptors (Lipinski definition) is 2. The number of aromatic nitrogens is 1. The van der Waals surface area contributed by atoms with Crippen molar-refractivity contribution in [3.05, 3.63) is 24.0 Å². The summed E-state index contributed by atoms with van der Waals surface area (Å²) in [5.74, 6) is -1.12. The predicted molar refractivity (Wildman–Crippen MR) is 71.1 cm³/mol. The molecule has 0 aromatic carbocycles. The zero-order valence-electron chi connectivity index (χ0n) is 11.6. The molecule has 1 N–H and O–H groups in total. The van der Waals surface area contributed by atoms with Gasteiger partial charge in [0.15, 0.2) is 0 Å². The summed E-state index contributed by atoms with van der Waals surface area (Å²) in [4.78, 5) is 25.5. The number of carbonyl (C=O) groups is 2. The maximum absolute atomic E-state index is 12.6. The molecule has 0 bridgehead atoms. The van der Waals surface area contributed by atoms with E-state index < -0.39 is 11.5 Å². The summed E-state index contributed by atoms with van der Waals surface area (Å²) >= 11 is 0. The Bertz CT molecular complexity index is 507. The molecule has 1 atom stereocenters. The van der Waals surface area contributed by atoms with Crippen molar-refractivity contribution in [2.45, 2.75) is 45.2 Å². The molecule has 0 radical (unpaired) electrons. The van der Waals surface area contributed by atoms with Crippen LogP contribution in [0.25, 0.3) is 0 Å². The van der Waals surface area contributed by atoms with Crippen LogP contribution in [0.4, 0.5) is 0 Å². The normalized spacial score (nSPS) is 23.1. The first-order valence-electron chi connectivity index (χ1n) is 6.60. The van der Waals surface area contributed by atoms with Gasteiger partial charge in [-0.3, -0.25) is 4.79 Å². The largest absolute Gasteiger partial charge is 0.480 e. The Kier molecular flexibility index (Phi) is 3.39. The standard InChI is InChI=1S/C14H20N2O3/c1-10(2)15-8-4-6-11(15)12(17)16-9-5-7-14(16,3)13(18)19/h4,6,8,10H,5,7,9H2,1-3H3,(H,18,19). The number of amides is 1. The van der Waals surface area contributed by atoms with E-state index in [1.165, 1.54) is 4.90 Å². The zero-order chi connectivity index (χ0) is 14.2. The van der Waals surface area contributed by atoms with Crippen LogP contribution in [0, 0.1) is 0 Å². The maximum Gasteiger partial charge on any atom is 0.329 e. The number of likely N-dealkylation sites (tertiary alicyclic amines) is 1. The molecular weight excluding hydrogens is 244 g/mol. The van der Waals surface area contributed by atoms with Gasteiger partial charge in [-0.1, -0.05) is 0 Å². The van der Waals surface area contributed by atoms with Crippen molar-refractivity contribution in [3.8, 4) is 0 Å². The summed E-state index contributed by atoms with van der Waals surface area (Å²) in [6.45, 7) is 6.13. The molecule has 2 rings (SSSR count). The van der Waals surface area contributed by atoms with E-state index in [0.29, 0.717) is 18.7 Å². The summed E-state index contributed by atoms with van der Waals surface area (Å²) < 4.78 is 1.88. The fourth-order valence-corrected chi connectivity index (χ4v) is 2.67. The molecule has 1 aromatic rings. The first kappa shape index (κ1) is 13.6. The lowest BCUT2D eigenvalue weighted by Crippen LogP contribution is -2.51. The Morgan fingerprint density at radius 1 is 1.42 bits per heavy atom. The molecule has 1 aromatic heterocycles. The highest BCUT2D eigenvalue weighted by Gasteiger charge is 2.46. The molecular formula is C14H20N2O3. The lowest BCUT2D eigenvalue weighted by molar-refractivity contribution is -0.147. The molecule has 0 spiro atoms. The second kappa shape index (κ2) is 4.72. The minimum atomic E-state index is -1.08. The lowest BCUT2D eigenvalue weighted by atomic mass is 9.99. The first-order chi connectivity index (χ1) is 8.88. The van der Waals surface area contributed by atoms with Crippen molar-refractivity contribution in [3.63, 3.8) is 0 Å². The van der Waals surface area contributed by atoms with Crippen LogP contribution in [0.15, 0.2) is 18.3 Å². The van der Waals surface area contributed by atoms with Crippen LogP contribution in [0.3, 0.4) is 0 Å². The van der Waals surface area contributed by atoms with E-state index in [1.54, 1.807) is 13.0 Å². The van der Waals surface area contributed by atoms with Gasteiger partial charge in [0.1, 0.15) is 11.2 Å². The monoisotopic (exact) mass is 264 g/mol. The van der Waals surface area contributed by atoms with E-state index in [0.717, 1.165) is 6.42 Å². The first-order valence-corrected chi connectivity index (χ1v) is 6.60. The maximum atomic E-state index is 12.6. The second-order valence-corrected chi connectivity index (χ2v) is 5.53. The molecule has 1 amide bonds. The Balaban J connectivity index is 2.34. The Morgan fingerprint density at radius 3 is 2.68 bits per heavy atom. The van der Waals surface area contributed by atoms with Crippen molar-refractivity contribution in [2.75, 3.05) is 6.54 Å². The Hall–Kier alpha value is -1.78. The number of rotatable bonds is 3. The summed E-state index contributed by atoms with van der Waals surface area (Å²) in [7, 11) is 0. The molecule has 5 heteroatoms. The molecule has 5 nitrogen and oxygen atoms in total. The summed E-state index contributed by atoms with van der Waals surface area (Å²) in [5.41, 5.74) is -0.521. The fourth-order valence-electron chi connectivity index (χ4n) is 2.67. The molecule has 19 heavy (non-hydrogen) atoms. The van der Waals surface area contributed by atoms with Gasteiger partial charge < -0.3 is 14.6 Å². The molecule has 2 heterocycles. The van der Waals surface area contributed by atoms with Crippen LogP contribution < -0.4 is 0 Å². The predicted octanol–water partition coefficient (Wildman–Crippen LogP) is 2.15. The summed E-state index contributed by atoms with van der Waals surface area (Å²) in [6, 6.07) is 3.75. The number of aliphatic carboxylic acids is 1. The quantitative estimate of drug-likeness (QED) is 0.909. The SMILES string of the molecule is CC(C)n1cccc1C(=O)N1CCCC1(C)C(=O)O. The zero-order valence-corrected chi connectivity index (χ0v) is 11.6. The number of carboxylic acid groups (broad SMARTS) is 1. The molecule has 0 aliphatic carbocycles. The van der Waals surface area contributed by atoms with Crippen LogP contribution in [0.5, 0.6) is 0 Å². The molecule has 1 fully saturated rings. The van der Waals surface area contributed by atoms with E-state index in [2.05, 4.69) is 0 Å². The molecule has 1 aliphatic rings. The Labute approximate surface area is 112 Å². The lowest BCUT2D eigenvalue weighted by Gasteiger charge is -2.31. The van der Waals surface area contributed by atoms with Gasteiger partial charge in [0.25, 0.3) is 5.91 Å². The van der Waals surface area contributed by atoms with E-state index in [9.17, 15) is 14.7 Å². The van der Waals surface area contributed by atoms with Gasteiger partial charge in [0, 0.05) is 18.8 Å². The van der Waals surface area contributed by atoms with Gasteiger partial charge in [0.2, 0.25) is 0 Å². The van der Waals surface area contributed by atoms with Crippen LogP contribution in [0.1, 0.15) is 50.1 Å². The number of carbonyl (C=O) groups excluding carboxylic acids is 1. The third kappa shape index (κ3) is 2.13. The minimum absolute atomic E-state index is 0.174. The third-order valence-corrected chi connectivity index (χ3v) is 3.90. The highest BCUT2D eigenvalue weighted by Crippen LogP contribution is 2.31. The van der Waals surface area contributed by atoms with Crippen molar-refractivity contribution in [1.82, 2.24) is 9.47 Å². The highest BCUT2D eigenvalue weighted by atomic mass is 16.4. The van der Waals surface area contributed by atoms with E-state index in [-0.39, 0.29) is 11.9 Å². The van der Waals surface area contributed by atoms with E-state index in [1.807, 2.05) is 30.7 Å². The second-order valence-electron chi connectivity index (χ2n) is 5.53. The minimum Gasteiger partial charge on any atom is -0.480 e. The average molecular weight is 264 g/mol. The Morgan fingerprint density at radius 2 is 2.11 bits per heavy atom. The average Bonchev–Trinajstić information content (AvgIpc) is 2.94. The smallest absolute Gasteiger partial charge is 0.329 e. The van der Waals surface area contributed by atoms with Crippen molar-refractivity contribution in [2.24, 2.45) is 0 Å². The molecule has 1 saturated heterocycles. The fraction of sp³-hybridized carbons (Fsp3) is 0.571. The van der Waals surface area contributed by atoms with Gasteiger partial charge in [-0.05, 0) is 45.7 Å². The van der Waals surface area contributed by atoms with Crippen molar-refractivity contribution < 1.29 is 14.7 Å². The molecule has 0 saturated carbocycles. The van der Waals surface area contributed by atoms with Crippen LogP contribution in [0.2, 0.25) is 0 Å². The number of hydrogen-bond donors (Lipinski definition) is 1. The topological polar surface area (TPSA) is 62.5 Å². The van der Waals surface area contributed by atoms with E-state index >= 15 is 0 Å². The third-order valence-electron chi connectivity index (χ3n) is 3.90. The number of carboxylic acids is 1. The van der Waals surface area contributed by atoms with Gasteiger partial charge >= 0.3 is 5.97 Å². The number of nitrogens with zero attached hydrogens (tertiary/aromatic N) is 2. The molecule has 1 aliphatic heterocycles. The van der Waals surface area contributed by atoms with Gasteiger partial charge in [-0.15, -0.1) is 0 Å². The summed E-state index contributed by atoms with van der Waals surface area (Å²) in [6.07, 6.45) is 3.10. The van der Waals surface area contributed by atoms with Gasteiger partial charge in [-0.2, -0.15) is 0 Å². The van der Waals surface area contributed by atoms with Crippen molar-refractivity contribution >= 4 is 11.9 Å². The van der Waals surface area contributed by atoms with Crippen molar-refractivity contribution in [1.29, 1.82) is 0 Å². The van der Waals surface area contributed by atoms with E-state index in [4.69, 9.17) is 0 Å². The van der Waals surface area contributed by atoms with Crippen LogP contribution >= 0.6 is 0 Å². The highest BCUT2D eigenvalue weighted by molar-refractivity contribution is 5.97. The van der Waals surface area contributed by atoms with Gasteiger partial charge in [0.05, 0.1) is 0 Å². The van der Waals surface area contributed by atoms with Gasteiger partial charge in [-0.25, -0.2) is 4.79 Å². The molecule has 104 valence electrons. The molecule has 1 unspecified atom stereocenters. The van der Waals surface area contributed by atoms with Crippen LogP contribution in [-0.4, -0.2) is 38.5 Å². The van der Waals surface area contributed by atoms with Crippen LogP contribution in [-0.2, 0) is 4.79 Å².